The van der Waals surface area contributed by atoms with Crippen molar-refractivity contribution >= 4 is 21.8 Å². The van der Waals surface area contributed by atoms with Crippen LogP contribution in [0.15, 0.2) is 0 Å². The first kappa shape index (κ1) is 30.8. The number of carbonyl (C=O) groups excluding carboxylic acids is 2. The molecule has 0 heterocycles. The van der Waals surface area contributed by atoms with Gasteiger partial charge in [0, 0.05) is 19.4 Å². The molecule has 190 valence electrons. The maximum atomic E-state index is 12.0. The van der Waals surface area contributed by atoms with E-state index in [0.29, 0.717) is 45.3 Å². The first-order chi connectivity index (χ1) is 15.4. The number of sulfonamides is 1. The van der Waals surface area contributed by atoms with Crippen LogP contribution in [0.3, 0.4) is 0 Å². The summed E-state index contributed by atoms with van der Waals surface area (Å²) in [6.07, 6.45) is 16.1. The van der Waals surface area contributed by atoms with E-state index >= 15 is 0 Å². The topological polar surface area (TPSA) is 128 Å². The van der Waals surface area contributed by atoms with Crippen LogP contribution in [0.5, 0.6) is 0 Å². The van der Waals surface area contributed by atoms with Crippen LogP contribution in [-0.4, -0.2) is 39.1 Å². The zero-order valence-corrected chi connectivity index (χ0v) is 21.0. The molecule has 0 aliphatic carbocycles. The molecule has 0 saturated heterocycles. The van der Waals surface area contributed by atoms with Crippen LogP contribution >= 0.6 is 0 Å². The SMILES string of the molecule is CCCCCCCCCCCCCC(=O)NS(=O)(=O)CCCCCC(=O)NCCCON. The standard InChI is InChI=1S/C23H47N3O5S/c1-2-3-4-5-6-7-8-9-10-11-13-18-23(28)26-32(29,30)21-15-12-14-17-22(27)25-19-16-20-31-24/h2-21,24H2,1H3,(H,25,27)(H,26,28). The van der Waals surface area contributed by atoms with Gasteiger partial charge in [-0.25, -0.2) is 14.3 Å². The molecule has 0 aromatic carbocycles. The van der Waals surface area contributed by atoms with E-state index in [1.807, 2.05) is 0 Å². The molecule has 0 fully saturated rings. The van der Waals surface area contributed by atoms with Crippen molar-refractivity contribution in [1.29, 1.82) is 0 Å². The highest BCUT2D eigenvalue weighted by atomic mass is 32.2. The minimum atomic E-state index is -3.59. The normalized spacial score (nSPS) is 11.4. The summed E-state index contributed by atoms with van der Waals surface area (Å²) in [5.74, 6) is 4.33. The Hall–Kier alpha value is -1.19. The van der Waals surface area contributed by atoms with E-state index in [9.17, 15) is 18.0 Å². The predicted molar refractivity (Wildman–Crippen MR) is 129 cm³/mol. The maximum absolute atomic E-state index is 12.0. The third-order valence-electron chi connectivity index (χ3n) is 5.35. The summed E-state index contributed by atoms with van der Waals surface area (Å²) in [5, 5.41) is 2.75. The molecular weight excluding hydrogens is 430 g/mol. The second kappa shape index (κ2) is 21.6. The van der Waals surface area contributed by atoms with Gasteiger partial charge < -0.3 is 10.2 Å². The summed E-state index contributed by atoms with van der Waals surface area (Å²) in [7, 11) is -3.59. The largest absolute Gasteiger partial charge is 0.356 e. The van der Waals surface area contributed by atoms with E-state index in [4.69, 9.17) is 5.90 Å². The van der Waals surface area contributed by atoms with Gasteiger partial charge in [-0.15, -0.1) is 0 Å². The molecule has 0 saturated carbocycles. The number of nitrogens with two attached hydrogens (primary N) is 1. The van der Waals surface area contributed by atoms with Gasteiger partial charge in [-0.05, 0) is 25.7 Å². The van der Waals surface area contributed by atoms with Crippen molar-refractivity contribution in [3.63, 3.8) is 0 Å². The summed E-state index contributed by atoms with van der Waals surface area (Å²) in [4.78, 5) is 27.9. The Morgan fingerprint density at radius 2 is 1.22 bits per heavy atom. The van der Waals surface area contributed by atoms with Crippen molar-refractivity contribution in [1.82, 2.24) is 10.0 Å². The Bertz CT molecular complexity index is 570. The van der Waals surface area contributed by atoms with E-state index < -0.39 is 15.9 Å². The quantitative estimate of drug-likeness (QED) is 0.150. The lowest BCUT2D eigenvalue weighted by Crippen LogP contribution is -2.32. The zero-order chi connectivity index (χ0) is 23.9. The summed E-state index contributed by atoms with van der Waals surface area (Å²) >= 11 is 0. The van der Waals surface area contributed by atoms with Gasteiger partial charge in [0.05, 0.1) is 12.4 Å². The fourth-order valence-electron chi connectivity index (χ4n) is 3.45. The number of nitrogens with one attached hydrogen (secondary N) is 2. The number of hydrogen-bond donors (Lipinski definition) is 3. The molecule has 0 bridgehead atoms. The predicted octanol–water partition coefficient (Wildman–Crippen LogP) is 4.09. The van der Waals surface area contributed by atoms with Crippen LogP contribution in [0.25, 0.3) is 0 Å². The molecule has 0 atom stereocenters. The first-order valence-corrected chi connectivity index (χ1v) is 14.2. The smallest absolute Gasteiger partial charge is 0.234 e. The summed E-state index contributed by atoms with van der Waals surface area (Å²) in [6.45, 7) is 3.13. The Balaban J connectivity index is 3.60. The van der Waals surface area contributed by atoms with Crippen molar-refractivity contribution in [3.05, 3.63) is 0 Å². The first-order valence-electron chi connectivity index (χ1n) is 12.5. The van der Waals surface area contributed by atoms with Crippen LogP contribution in [-0.2, 0) is 24.4 Å². The number of rotatable bonds is 23. The van der Waals surface area contributed by atoms with E-state index in [1.54, 1.807) is 0 Å². The number of amides is 2. The molecule has 0 unspecified atom stereocenters. The molecule has 0 aliphatic heterocycles. The molecule has 0 aromatic rings. The van der Waals surface area contributed by atoms with Crippen LogP contribution in [0.2, 0.25) is 0 Å². The summed E-state index contributed by atoms with van der Waals surface area (Å²) < 4.78 is 26.2. The highest BCUT2D eigenvalue weighted by Gasteiger charge is 2.14. The van der Waals surface area contributed by atoms with Gasteiger partial charge in [-0.1, -0.05) is 77.6 Å². The Labute approximate surface area is 195 Å². The van der Waals surface area contributed by atoms with Crippen LogP contribution in [0.1, 0.15) is 116 Å². The van der Waals surface area contributed by atoms with E-state index in [1.165, 1.54) is 51.4 Å². The molecule has 0 aromatic heterocycles. The molecule has 0 spiro atoms. The third-order valence-corrected chi connectivity index (χ3v) is 6.72. The molecule has 2 amide bonds. The lowest BCUT2D eigenvalue weighted by molar-refractivity contribution is -0.121. The molecule has 32 heavy (non-hydrogen) atoms. The number of carbonyl (C=O) groups is 2. The average Bonchev–Trinajstić information content (AvgIpc) is 2.74. The highest BCUT2D eigenvalue weighted by Crippen LogP contribution is 2.12. The van der Waals surface area contributed by atoms with Crippen molar-refractivity contribution in [2.75, 3.05) is 18.9 Å². The van der Waals surface area contributed by atoms with E-state index in [0.717, 1.165) is 19.3 Å². The molecule has 0 radical (unpaired) electrons. The zero-order valence-electron chi connectivity index (χ0n) is 20.2. The second-order valence-electron chi connectivity index (χ2n) is 8.51. The van der Waals surface area contributed by atoms with Gasteiger partial charge in [0.25, 0.3) is 0 Å². The monoisotopic (exact) mass is 477 g/mol. The molecule has 8 nitrogen and oxygen atoms in total. The van der Waals surface area contributed by atoms with Crippen molar-refractivity contribution in [3.8, 4) is 0 Å². The van der Waals surface area contributed by atoms with Crippen molar-refractivity contribution < 1.29 is 22.8 Å². The fourth-order valence-corrected chi connectivity index (χ4v) is 4.59. The molecular formula is C23H47N3O5S. The molecule has 0 aliphatic rings. The maximum Gasteiger partial charge on any atom is 0.234 e. The van der Waals surface area contributed by atoms with Crippen LogP contribution < -0.4 is 15.9 Å². The van der Waals surface area contributed by atoms with E-state index in [2.05, 4.69) is 21.8 Å². The van der Waals surface area contributed by atoms with Crippen molar-refractivity contribution in [2.45, 2.75) is 116 Å². The van der Waals surface area contributed by atoms with Crippen molar-refractivity contribution in [2.24, 2.45) is 5.90 Å². The highest BCUT2D eigenvalue weighted by molar-refractivity contribution is 7.90. The lowest BCUT2D eigenvalue weighted by atomic mass is 10.1. The fraction of sp³-hybridized carbons (Fsp3) is 0.913. The summed E-state index contributed by atoms with van der Waals surface area (Å²) in [5.41, 5.74) is 0. The van der Waals surface area contributed by atoms with Crippen LogP contribution in [0.4, 0.5) is 0 Å². The lowest BCUT2D eigenvalue weighted by Gasteiger charge is -2.07. The van der Waals surface area contributed by atoms with Gasteiger partial charge >= 0.3 is 0 Å². The Morgan fingerprint density at radius 3 is 1.78 bits per heavy atom. The minimum Gasteiger partial charge on any atom is -0.356 e. The molecule has 9 heteroatoms. The van der Waals surface area contributed by atoms with Gasteiger partial charge in [0.15, 0.2) is 0 Å². The molecule has 0 rings (SSSR count). The van der Waals surface area contributed by atoms with Gasteiger partial charge in [0.1, 0.15) is 0 Å². The number of unbranched alkanes of at least 4 members (excludes halogenated alkanes) is 12. The average molecular weight is 478 g/mol. The van der Waals surface area contributed by atoms with Gasteiger partial charge in [0.2, 0.25) is 21.8 Å². The molecule has 4 N–H and O–H groups in total. The van der Waals surface area contributed by atoms with Gasteiger partial charge in [-0.2, -0.15) is 0 Å². The number of hydrogen-bond acceptors (Lipinski definition) is 6. The minimum absolute atomic E-state index is 0.0647. The van der Waals surface area contributed by atoms with Gasteiger partial charge in [-0.3, -0.25) is 14.3 Å². The Morgan fingerprint density at radius 1 is 0.719 bits per heavy atom. The Kier molecular flexibility index (Phi) is 20.8. The third kappa shape index (κ3) is 22.0. The van der Waals surface area contributed by atoms with Crippen LogP contribution in [0, 0.1) is 0 Å². The van der Waals surface area contributed by atoms with E-state index in [-0.39, 0.29) is 18.1 Å². The summed E-state index contributed by atoms with van der Waals surface area (Å²) in [6, 6.07) is 0. The second-order valence-corrected chi connectivity index (χ2v) is 10.4.